The summed E-state index contributed by atoms with van der Waals surface area (Å²) in [5, 5.41) is 0.566. The molecule has 25 heavy (non-hydrogen) atoms. The normalized spacial score (nSPS) is 11.0. The number of pyridine rings is 1. The summed E-state index contributed by atoms with van der Waals surface area (Å²) in [6.45, 7) is 0.267. The van der Waals surface area contributed by atoms with Gasteiger partial charge in [0, 0.05) is 42.1 Å². The van der Waals surface area contributed by atoms with Crippen LogP contribution in [0.3, 0.4) is 0 Å². The molecule has 0 unspecified atom stereocenters. The van der Waals surface area contributed by atoms with E-state index in [0.717, 1.165) is 16.8 Å². The van der Waals surface area contributed by atoms with Crippen molar-refractivity contribution in [3.63, 3.8) is 0 Å². The molecular formula is C18H12ClFN4O. The standard InChI is InChI=1S/C18H12ClFN4O/c19-14-5-12(6-21-8-14)13-7-22-18-23-16(10-24(18)9-13)11-25-17-3-1-15(20)2-4-17/h1-10H,11H2. The smallest absolute Gasteiger partial charge is 0.234 e. The number of hydrogen-bond acceptors (Lipinski definition) is 4. The van der Waals surface area contributed by atoms with Gasteiger partial charge in [0.05, 0.1) is 10.7 Å². The van der Waals surface area contributed by atoms with Crippen LogP contribution in [0.4, 0.5) is 4.39 Å². The second-order valence-electron chi connectivity index (χ2n) is 5.42. The van der Waals surface area contributed by atoms with E-state index in [-0.39, 0.29) is 12.4 Å². The molecule has 5 nitrogen and oxygen atoms in total. The van der Waals surface area contributed by atoms with Crippen LogP contribution in [-0.2, 0) is 6.61 Å². The quantitative estimate of drug-likeness (QED) is 0.552. The molecule has 0 aliphatic heterocycles. The number of ether oxygens (including phenoxy) is 1. The maximum Gasteiger partial charge on any atom is 0.234 e. The van der Waals surface area contributed by atoms with Gasteiger partial charge in [0.1, 0.15) is 18.2 Å². The Morgan fingerprint density at radius 3 is 2.68 bits per heavy atom. The molecule has 0 bridgehead atoms. The molecule has 0 saturated heterocycles. The van der Waals surface area contributed by atoms with Gasteiger partial charge in [-0.1, -0.05) is 11.6 Å². The second kappa shape index (κ2) is 6.49. The maximum absolute atomic E-state index is 12.9. The highest BCUT2D eigenvalue weighted by Crippen LogP contribution is 2.21. The number of benzene rings is 1. The van der Waals surface area contributed by atoms with Crippen LogP contribution in [0.2, 0.25) is 5.02 Å². The summed E-state index contributed by atoms with van der Waals surface area (Å²) in [4.78, 5) is 12.8. The van der Waals surface area contributed by atoms with Crippen LogP contribution < -0.4 is 4.74 Å². The van der Waals surface area contributed by atoms with Gasteiger partial charge in [-0.05, 0) is 30.3 Å². The zero-order valence-corrected chi connectivity index (χ0v) is 13.7. The van der Waals surface area contributed by atoms with E-state index in [9.17, 15) is 4.39 Å². The zero-order valence-electron chi connectivity index (χ0n) is 12.9. The molecule has 0 N–H and O–H groups in total. The first-order chi connectivity index (χ1) is 12.2. The zero-order chi connectivity index (χ0) is 17.2. The molecule has 124 valence electrons. The minimum Gasteiger partial charge on any atom is -0.487 e. The van der Waals surface area contributed by atoms with E-state index in [1.807, 2.05) is 22.9 Å². The third-order valence-corrected chi connectivity index (χ3v) is 3.81. The number of hydrogen-bond donors (Lipinski definition) is 0. The van der Waals surface area contributed by atoms with Gasteiger partial charge in [-0.15, -0.1) is 0 Å². The summed E-state index contributed by atoms with van der Waals surface area (Å²) in [6.07, 6.45) is 8.78. The number of imidazole rings is 1. The van der Waals surface area contributed by atoms with Crippen LogP contribution in [-0.4, -0.2) is 19.4 Å². The Kier molecular flexibility index (Phi) is 4.03. The van der Waals surface area contributed by atoms with Crippen molar-refractivity contribution in [3.05, 3.63) is 77.8 Å². The summed E-state index contributed by atoms with van der Waals surface area (Å²) < 4.78 is 20.3. The Morgan fingerprint density at radius 1 is 1.04 bits per heavy atom. The van der Waals surface area contributed by atoms with Crippen LogP contribution in [0.5, 0.6) is 5.75 Å². The Labute approximate surface area is 147 Å². The van der Waals surface area contributed by atoms with Gasteiger partial charge >= 0.3 is 0 Å². The van der Waals surface area contributed by atoms with Crippen LogP contribution in [0.15, 0.2) is 61.3 Å². The maximum atomic E-state index is 12.9. The molecule has 1 aromatic carbocycles. The van der Waals surface area contributed by atoms with Crippen molar-refractivity contribution < 1.29 is 9.13 Å². The number of fused-ring (bicyclic) bond motifs is 1. The summed E-state index contributed by atoms with van der Waals surface area (Å²) in [5.41, 5.74) is 2.48. The van der Waals surface area contributed by atoms with Crippen molar-refractivity contribution >= 4 is 17.4 Å². The van der Waals surface area contributed by atoms with Crippen LogP contribution in [0.25, 0.3) is 16.9 Å². The van der Waals surface area contributed by atoms with E-state index >= 15 is 0 Å². The molecule has 3 heterocycles. The van der Waals surface area contributed by atoms with E-state index in [1.165, 1.54) is 12.1 Å². The highest BCUT2D eigenvalue weighted by Gasteiger charge is 2.07. The monoisotopic (exact) mass is 354 g/mol. The fourth-order valence-corrected chi connectivity index (χ4v) is 2.58. The minimum absolute atomic E-state index is 0.267. The molecule has 0 atom stereocenters. The first-order valence-electron chi connectivity index (χ1n) is 7.50. The predicted molar refractivity (Wildman–Crippen MR) is 92.0 cm³/mol. The van der Waals surface area contributed by atoms with Gasteiger partial charge in [0.2, 0.25) is 5.78 Å². The van der Waals surface area contributed by atoms with E-state index in [1.54, 1.807) is 30.7 Å². The SMILES string of the molecule is Fc1ccc(OCc2cn3cc(-c4cncc(Cl)c4)cnc3n2)cc1. The lowest BCUT2D eigenvalue weighted by atomic mass is 10.1. The number of nitrogens with zero attached hydrogens (tertiary/aromatic N) is 4. The van der Waals surface area contributed by atoms with Gasteiger partial charge in [0.25, 0.3) is 0 Å². The molecule has 3 aromatic heterocycles. The van der Waals surface area contributed by atoms with E-state index < -0.39 is 0 Å². The third-order valence-electron chi connectivity index (χ3n) is 3.60. The van der Waals surface area contributed by atoms with Gasteiger partial charge in [-0.3, -0.25) is 9.38 Å². The van der Waals surface area contributed by atoms with Crippen LogP contribution in [0.1, 0.15) is 5.69 Å². The molecule has 0 fully saturated rings. The highest BCUT2D eigenvalue weighted by molar-refractivity contribution is 6.30. The van der Waals surface area contributed by atoms with Crippen LogP contribution in [0, 0.1) is 5.82 Å². The van der Waals surface area contributed by atoms with Crippen molar-refractivity contribution in [1.29, 1.82) is 0 Å². The van der Waals surface area contributed by atoms with Crippen molar-refractivity contribution in [2.24, 2.45) is 0 Å². The molecular weight excluding hydrogens is 343 g/mol. The molecule has 0 radical (unpaired) electrons. The number of rotatable bonds is 4. The first kappa shape index (κ1) is 15.5. The Balaban J connectivity index is 1.56. The average Bonchev–Trinajstić information content (AvgIpc) is 3.03. The molecule has 0 spiro atoms. The molecule has 0 amide bonds. The topological polar surface area (TPSA) is 52.3 Å². The average molecular weight is 355 g/mol. The summed E-state index contributed by atoms with van der Waals surface area (Å²) in [6, 6.07) is 7.69. The third kappa shape index (κ3) is 3.44. The molecule has 4 rings (SSSR count). The van der Waals surface area contributed by atoms with Crippen molar-refractivity contribution in [3.8, 4) is 16.9 Å². The molecule has 7 heteroatoms. The van der Waals surface area contributed by atoms with Gasteiger partial charge in [-0.2, -0.15) is 0 Å². The van der Waals surface area contributed by atoms with Crippen molar-refractivity contribution in [1.82, 2.24) is 19.4 Å². The summed E-state index contributed by atoms with van der Waals surface area (Å²) in [7, 11) is 0. The highest BCUT2D eigenvalue weighted by atomic mass is 35.5. The van der Waals surface area contributed by atoms with E-state index in [2.05, 4.69) is 15.0 Å². The fourth-order valence-electron chi connectivity index (χ4n) is 2.41. The lowest BCUT2D eigenvalue weighted by Crippen LogP contribution is -1.95. The number of halogens is 2. The Morgan fingerprint density at radius 2 is 1.88 bits per heavy atom. The molecule has 0 aliphatic rings. The van der Waals surface area contributed by atoms with Gasteiger partial charge in [-0.25, -0.2) is 14.4 Å². The van der Waals surface area contributed by atoms with Crippen LogP contribution >= 0.6 is 11.6 Å². The largest absolute Gasteiger partial charge is 0.487 e. The van der Waals surface area contributed by atoms with Crippen molar-refractivity contribution in [2.75, 3.05) is 0 Å². The summed E-state index contributed by atoms with van der Waals surface area (Å²) >= 11 is 5.98. The van der Waals surface area contributed by atoms with Gasteiger partial charge in [0.15, 0.2) is 0 Å². The van der Waals surface area contributed by atoms with E-state index in [4.69, 9.17) is 16.3 Å². The number of aromatic nitrogens is 4. The van der Waals surface area contributed by atoms with E-state index in [0.29, 0.717) is 16.5 Å². The second-order valence-corrected chi connectivity index (χ2v) is 5.85. The molecule has 0 aliphatic carbocycles. The molecule has 4 aromatic rings. The lowest BCUT2D eigenvalue weighted by molar-refractivity contribution is 0.301. The minimum atomic E-state index is -0.299. The lowest BCUT2D eigenvalue weighted by Gasteiger charge is -2.03. The van der Waals surface area contributed by atoms with Crippen molar-refractivity contribution in [2.45, 2.75) is 6.61 Å². The van der Waals surface area contributed by atoms with Gasteiger partial charge < -0.3 is 4.74 Å². The summed E-state index contributed by atoms with van der Waals surface area (Å²) in [5.74, 6) is 0.848. The predicted octanol–water partition coefficient (Wildman–Crippen LogP) is 4.16. The Hall–Kier alpha value is -2.99. The Bertz CT molecular complexity index is 1030. The fraction of sp³-hybridized carbons (Fsp3) is 0.0556. The first-order valence-corrected chi connectivity index (χ1v) is 7.88. The molecule has 0 saturated carbocycles.